The molecule has 34 heavy (non-hydrogen) atoms. The second-order valence-corrected chi connectivity index (χ2v) is 9.37. The van der Waals surface area contributed by atoms with Crippen LogP contribution < -0.4 is 10.1 Å². The lowest BCUT2D eigenvalue weighted by atomic mass is 10.1. The number of hydrogen-bond donors (Lipinski definition) is 1. The Morgan fingerprint density at radius 1 is 1.00 bits per heavy atom. The molecule has 1 heterocycles. The number of rotatable bonds is 15. The van der Waals surface area contributed by atoms with Crippen LogP contribution in [0.15, 0.2) is 59.0 Å². The minimum atomic E-state index is -0.0554. The van der Waals surface area contributed by atoms with Gasteiger partial charge in [0.05, 0.1) is 12.4 Å². The van der Waals surface area contributed by atoms with Crippen molar-refractivity contribution in [3.8, 4) is 17.2 Å². The Labute approximate surface area is 206 Å². The minimum absolute atomic E-state index is 0.0554. The van der Waals surface area contributed by atoms with E-state index in [1.807, 2.05) is 42.5 Å². The fourth-order valence-electron chi connectivity index (χ4n) is 3.30. The van der Waals surface area contributed by atoms with Crippen molar-refractivity contribution in [1.82, 2.24) is 20.4 Å². The summed E-state index contributed by atoms with van der Waals surface area (Å²) in [6.07, 6.45) is 4.51. The summed E-state index contributed by atoms with van der Waals surface area (Å²) in [4.78, 5) is 14.6. The van der Waals surface area contributed by atoms with Gasteiger partial charge in [-0.2, -0.15) is 0 Å². The lowest BCUT2D eigenvalue weighted by Gasteiger charge is -2.09. The maximum Gasteiger partial charge on any atom is 0.251 e. The van der Waals surface area contributed by atoms with Gasteiger partial charge in [-0.3, -0.25) is 4.79 Å². The van der Waals surface area contributed by atoms with Crippen LogP contribution in [0, 0.1) is 0 Å². The predicted octanol–water partition coefficient (Wildman–Crippen LogP) is 4.90. The average Bonchev–Trinajstić information content (AvgIpc) is 3.32. The molecular weight excluding hydrogens is 448 g/mol. The average molecular weight is 483 g/mol. The number of para-hydroxylation sites is 1. The number of benzene rings is 2. The molecule has 0 aliphatic carbocycles. The highest BCUT2D eigenvalue weighted by Gasteiger charge is 2.11. The minimum Gasteiger partial charge on any atom is -0.493 e. The summed E-state index contributed by atoms with van der Waals surface area (Å²) in [6, 6.07) is 17.0. The van der Waals surface area contributed by atoms with Crippen molar-refractivity contribution in [2.75, 3.05) is 39.5 Å². The standard InChI is InChI=1S/C26H34N4O3S/c1-30(2)17-9-4-3-8-16-27-25(31)21-12-14-22(15-13-21)26-29-28-24(33-26)20-34-19-18-32-23-10-6-5-7-11-23/h5-7,10-15H,3-4,8-9,16-20H2,1-2H3,(H,27,31). The van der Waals surface area contributed by atoms with E-state index in [0.717, 1.165) is 36.5 Å². The van der Waals surface area contributed by atoms with Crippen molar-refractivity contribution in [2.24, 2.45) is 0 Å². The number of nitrogens with zero attached hydrogens (tertiary/aromatic N) is 3. The first-order valence-electron chi connectivity index (χ1n) is 11.7. The molecule has 3 aromatic rings. The van der Waals surface area contributed by atoms with Gasteiger partial charge in [-0.05, 0) is 69.9 Å². The van der Waals surface area contributed by atoms with E-state index in [-0.39, 0.29) is 5.91 Å². The molecular formula is C26H34N4O3S. The van der Waals surface area contributed by atoms with E-state index in [0.29, 0.717) is 36.2 Å². The van der Waals surface area contributed by atoms with Crippen molar-refractivity contribution in [3.63, 3.8) is 0 Å². The Bertz CT molecular complexity index is 977. The number of aromatic nitrogens is 2. The van der Waals surface area contributed by atoms with Crippen LogP contribution >= 0.6 is 11.8 Å². The molecule has 0 spiro atoms. The predicted molar refractivity (Wildman–Crippen MR) is 137 cm³/mol. The molecule has 0 radical (unpaired) electrons. The lowest BCUT2D eigenvalue weighted by molar-refractivity contribution is 0.0953. The number of amides is 1. The first-order chi connectivity index (χ1) is 16.6. The Kier molecular flexibility index (Phi) is 10.9. The van der Waals surface area contributed by atoms with Crippen LogP contribution in [0.3, 0.4) is 0 Å². The van der Waals surface area contributed by atoms with Crippen molar-refractivity contribution < 1.29 is 13.9 Å². The maximum absolute atomic E-state index is 12.4. The van der Waals surface area contributed by atoms with Crippen molar-refractivity contribution in [2.45, 2.75) is 31.4 Å². The van der Waals surface area contributed by atoms with Crippen LogP contribution in [0.4, 0.5) is 0 Å². The van der Waals surface area contributed by atoms with Crippen LogP contribution in [0.2, 0.25) is 0 Å². The van der Waals surface area contributed by atoms with Crippen LogP contribution in [-0.2, 0) is 5.75 Å². The molecule has 0 saturated heterocycles. The summed E-state index contributed by atoms with van der Waals surface area (Å²) in [7, 11) is 4.18. The first kappa shape index (κ1) is 25.8. The second kappa shape index (κ2) is 14.4. The van der Waals surface area contributed by atoms with Gasteiger partial charge < -0.3 is 19.4 Å². The lowest BCUT2D eigenvalue weighted by Crippen LogP contribution is -2.24. The largest absolute Gasteiger partial charge is 0.493 e. The molecule has 0 saturated carbocycles. The quantitative estimate of drug-likeness (QED) is 0.309. The highest BCUT2D eigenvalue weighted by atomic mass is 32.2. The summed E-state index contributed by atoms with van der Waals surface area (Å²) >= 11 is 1.68. The SMILES string of the molecule is CN(C)CCCCCCNC(=O)c1ccc(-c2nnc(CSCCOc3ccccc3)o2)cc1. The van der Waals surface area contributed by atoms with Crippen molar-refractivity contribution >= 4 is 17.7 Å². The van der Waals surface area contributed by atoms with E-state index in [2.05, 4.69) is 34.5 Å². The van der Waals surface area contributed by atoms with Gasteiger partial charge in [-0.25, -0.2) is 0 Å². The molecule has 0 unspecified atom stereocenters. The Hall–Kier alpha value is -2.84. The van der Waals surface area contributed by atoms with Gasteiger partial charge >= 0.3 is 0 Å². The zero-order chi connectivity index (χ0) is 24.0. The van der Waals surface area contributed by atoms with Gasteiger partial charge in [0.15, 0.2) is 0 Å². The highest BCUT2D eigenvalue weighted by molar-refractivity contribution is 7.98. The molecule has 1 amide bonds. The molecule has 8 heteroatoms. The van der Waals surface area contributed by atoms with E-state index in [9.17, 15) is 4.79 Å². The number of carbonyl (C=O) groups excluding carboxylic acids is 1. The fraction of sp³-hybridized carbons (Fsp3) is 0.423. The van der Waals surface area contributed by atoms with Gasteiger partial charge in [0, 0.05) is 23.4 Å². The number of nitrogens with one attached hydrogen (secondary N) is 1. The number of ether oxygens (including phenoxy) is 1. The Morgan fingerprint density at radius 3 is 2.53 bits per heavy atom. The van der Waals surface area contributed by atoms with Gasteiger partial charge in [0.1, 0.15) is 5.75 Å². The van der Waals surface area contributed by atoms with E-state index in [1.54, 1.807) is 23.9 Å². The molecule has 0 bridgehead atoms. The van der Waals surface area contributed by atoms with Crippen LogP contribution in [-0.4, -0.2) is 60.5 Å². The summed E-state index contributed by atoms with van der Waals surface area (Å²) in [5.41, 5.74) is 1.43. The summed E-state index contributed by atoms with van der Waals surface area (Å²) in [5.74, 6) is 3.30. The number of hydrogen-bond acceptors (Lipinski definition) is 7. The number of carbonyl (C=O) groups is 1. The zero-order valence-corrected chi connectivity index (χ0v) is 20.9. The van der Waals surface area contributed by atoms with E-state index < -0.39 is 0 Å². The molecule has 182 valence electrons. The molecule has 0 aliphatic heterocycles. The number of thioether (sulfide) groups is 1. The van der Waals surface area contributed by atoms with E-state index in [1.165, 1.54) is 12.8 Å². The highest BCUT2D eigenvalue weighted by Crippen LogP contribution is 2.21. The van der Waals surface area contributed by atoms with Crippen LogP contribution in [0.1, 0.15) is 41.9 Å². The van der Waals surface area contributed by atoms with Gasteiger partial charge in [-0.15, -0.1) is 22.0 Å². The Morgan fingerprint density at radius 2 is 1.76 bits per heavy atom. The molecule has 3 rings (SSSR count). The van der Waals surface area contributed by atoms with Crippen molar-refractivity contribution in [1.29, 1.82) is 0 Å². The molecule has 0 fully saturated rings. The Balaban J connectivity index is 1.34. The summed E-state index contributed by atoms with van der Waals surface area (Å²) in [5, 5.41) is 11.3. The molecule has 1 aromatic heterocycles. The fourth-order valence-corrected chi connectivity index (χ4v) is 3.93. The molecule has 2 aromatic carbocycles. The van der Waals surface area contributed by atoms with Gasteiger partial charge in [0.25, 0.3) is 5.91 Å². The van der Waals surface area contributed by atoms with E-state index in [4.69, 9.17) is 9.15 Å². The van der Waals surface area contributed by atoms with Gasteiger partial charge in [0.2, 0.25) is 11.8 Å². The molecule has 7 nitrogen and oxygen atoms in total. The first-order valence-corrected chi connectivity index (χ1v) is 12.9. The third-order valence-corrected chi connectivity index (χ3v) is 6.05. The maximum atomic E-state index is 12.4. The molecule has 0 atom stereocenters. The van der Waals surface area contributed by atoms with Gasteiger partial charge in [-0.1, -0.05) is 31.0 Å². The normalized spacial score (nSPS) is 11.0. The van der Waals surface area contributed by atoms with Crippen molar-refractivity contribution in [3.05, 3.63) is 66.1 Å². The number of unbranched alkanes of at least 4 members (excludes halogenated alkanes) is 3. The molecule has 0 aliphatic rings. The second-order valence-electron chi connectivity index (χ2n) is 8.27. The summed E-state index contributed by atoms with van der Waals surface area (Å²) in [6.45, 7) is 2.43. The van der Waals surface area contributed by atoms with Crippen LogP contribution in [0.5, 0.6) is 5.75 Å². The van der Waals surface area contributed by atoms with Crippen LogP contribution in [0.25, 0.3) is 11.5 Å². The third kappa shape index (κ3) is 9.19. The zero-order valence-electron chi connectivity index (χ0n) is 20.0. The monoisotopic (exact) mass is 482 g/mol. The third-order valence-electron chi connectivity index (χ3n) is 5.14. The smallest absolute Gasteiger partial charge is 0.251 e. The topological polar surface area (TPSA) is 80.5 Å². The van der Waals surface area contributed by atoms with E-state index >= 15 is 0 Å². The molecule has 1 N–H and O–H groups in total. The summed E-state index contributed by atoms with van der Waals surface area (Å²) < 4.78 is 11.5.